The molecule has 1 fully saturated rings. The zero-order valence-electron chi connectivity index (χ0n) is 6.31. The summed E-state index contributed by atoms with van der Waals surface area (Å²) in [6, 6.07) is 0. The van der Waals surface area contributed by atoms with Crippen molar-refractivity contribution < 1.29 is 4.74 Å². The number of hydrogen-bond acceptors (Lipinski definition) is 1. The number of alkyl halides is 2. The van der Waals surface area contributed by atoms with Crippen LogP contribution in [0.4, 0.5) is 0 Å². The van der Waals surface area contributed by atoms with Gasteiger partial charge in [-0.05, 0) is 0 Å². The molecule has 0 N–H and O–H groups in total. The zero-order chi connectivity index (χ0) is 9.19. The van der Waals surface area contributed by atoms with Gasteiger partial charge in [0, 0.05) is 0 Å². The van der Waals surface area contributed by atoms with Crippen LogP contribution in [-0.2, 0) is 4.74 Å². The molecule has 1 heterocycles. The predicted octanol–water partition coefficient (Wildman–Crippen LogP) is 3.15. The van der Waals surface area contributed by atoms with Gasteiger partial charge in [-0.2, -0.15) is 0 Å². The van der Waals surface area contributed by atoms with Crippen LogP contribution in [0.15, 0.2) is 0 Å². The predicted molar refractivity (Wildman–Crippen MR) is 57.2 cm³/mol. The molecule has 0 aromatic heterocycles. The van der Waals surface area contributed by atoms with Crippen molar-refractivity contribution >= 4 is 57.1 Å². The van der Waals surface area contributed by atoms with Crippen LogP contribution in [0.5, 0.6) is 0 Å². The molecule has 0 spiro atoms. The van der Waals surface area contributed by atoms with E-state index >= 15 is 0 Å². The summed E-state index contributed by atoms with van der Waals surface area (Å²) < 4.78 is 5.65. The Balaban J connectivity index is 2.67. The van der Waals surface area contributed by atoms with Crippen molar-refractivity contribution in [2.24, 2.45) is 0 Å². The van der Waals surface area contributed by atoms with Gasteiger partial charge in [-0.1, -0.05) is 0 Å². The molecule has 0 radical (unpaired) electrons. The van der Waals surface area contributed by atoms with Crippen molar-refractivity contribution in [3.05, 3.63) is 0 Å². The van der Waals surface area contributed by atoms with Crippen molar-refractivity contribution in [1.82, 2.24) is 0 Å². The molecule has 2 atom stereocenters. The molecule has 1 rings (SSSR count). The van der Waals surface area contributed by atoms with E-state index in [1.807, 2.05) is 0 Å². The molecule has 2 unspecified atom stereocenters. The molecule has 1 aliphatic heterocycles. The van der Waals surface area contributed by atoms with Gasteiger partial charge < -0.3 is 0 Å². The third-order valence-electron chi connectivity index (χ3n) is 1.84. The van der Waals surface area contributed by atoms with Gasteiger partial charge in [0.25, 0.3) is 0 Å². The normalized spacial score (nSPS) is 37.7. The Hall–Kier alpha value is 1.91. The molecule has 0 aromatic carbocycles. The van der Waals surface area contributed by atoms with Gasteiger partial charge in [0.2, 0.25) is 0 Å². The summed E-state index contributed by atoms with van der Waals surface area (Å²) in [7, 11) is 12.6. The van der Waals surface area contributed by atoms with Gasteiger partial charge in [-0.3, -0.25) is 0 Å². The molecular formula is C6H10Cl4OTe. The van der Waals surface area contributed by atoms with E-state index in [0.717, 1.165) is 0 Å². The van der Waals surface area contributed by atoms with Crippen molar-refractivity contribution in [2.75, 3.05) is 25.0 Å². The Morgan fingerprint density at radius 1 is 1.08 bits per heavy atom. The Morgan fingerprint density at radius 2 is 1.50 bits per heavy atom. The molecular weight excluding hydrogens is 357 g/mol. The number of rotatable bonds is 2. The Kier molecular flexibility index (Phi) is 5.11. The van der Waals surface area contributed by atoms with Gasteiger partial charge in [0.05, 0.1) is 0 Å². The fourth-order valence-electron chi connectivity index (χ4n) is 1.04. The zero-order valence-corrected chi connectivity index (χ0v) is 11.7. The summed E-state index contributed by atoms with van der Waals surface area (Å²) >= 11 is 8.65. The minimum atomic E-state index is -2.83. The number of halogens is 4. The fourth-order valence-corrected chi connectivity index (χ4v) is 12.8. The van der Waals surface area contributed by atoms with E-state index in [2.05, 4.69) is 0 Å². The van der Waals surface area contributed by atoms with Crippen LogP contribution in [0.25, 0.3) is 0 Å². The van der Waals surface area contributed by atoms with Crippen LogP contribution in [0.1, 0.15) is 0 Å². The van der Waals surface area contributed by atoms with Gasteiger partial charge in [0.15, 0.2) is 0 Å². The van der Waals surface area contributed by atoms with E-state index in [1.54, 1.807) is 0 Å². The van der Waals surface area contributed by atoms with E-state index in [-0.39, 0.29) is 7.93 Å². The summed E-state index contributed by atoms with van der Waals surface area (Å²) in [4.78, 5) is 0. The molecule has 1 aliphatic rings. The first-order valence-electron chi connectivity index (χ1n) is 3.52. The summed E-state index contributed by atoms with van der Waals surface area (Å²) in [5.74, 6) is 0.975. The molecule has 0 aliphatic carbocycles. The molecule has 0 aromatic rings. The van der Waals surface area contributed by atoms with Gasteiger partial charge in [-0.15, -0.1) is 0 Å². The van der Waals surface area contributed by atoms with E-state index in [9.17, 15) is 0 Å². The summed E-state index contributed by atoms with van der Waals surface area (Å²) in [6.07, 6.45) is 0. The van der Waals surface area contributed by atoms with Crippen LogP contribution in [0.2, 0.25) is 7.93 Å². The summed E-state index contributed by atoms with van der Waals surface area (Å²) in [5.41, 5.74) is 0. The van der Waals surface area contributed by atoms with E-state index in [4.69, 9.17) is 45.9 Å². The quantitative estimate of drug-likeness (QED) is 0.538. The monoisotopic (exact) mass is 368 g/mol. The van der Waals surface area contributed by atoms with Crippen LogP contribution in [-0.4, -0.2) is 40.9 Å². The van der Waals surface area contributed by atoms with Crippen molar-refractivity contribution in [1.29, 1.82) is 0 Å². The maximum atomic E-state index is 6.31. The summed E-state index contributed by atoms with van der Waals surface area (Å²) in [5, 5.41) is 0. The number of ether oxygens (including phenoxy) is 1. The van der Waals surface area contributed by atoms with Crippen molar-refractivity contribution in [3.8, 4) is 0 Å². The van der Waals surface area contributed by atoms with Crippen molar-refractivity contribution in [2.45, 2.75) is 7.93 Å². The Morgan fingerprint density at radius 3 is 1.83 bits per heavy atom. The molecule has 0 amide bonds. The van der Waals surface area contributed by atoms with E-state index < -0.39 is 15.9 Å². The Labute approximate surface area is 93.9 Å². The van der Waals surface area contributed by atoms with Gasteiger partial charge >= 0.3 is 94.7 Å². The minimum absolute atomic E-state index is 0.162. The van der Waals surface area contributed by atoms with Crippen LogP contribution < -0.4 is 0 Å². The Bertz CT molecular complexity index is 140. The molecule has 74 valence electrons. The second-order valence-corrected chi connectivity index (χ2v) is 18.1. The van der Waals surface area contributed by atoms with E-state index in [0.29, 0.717) is 25.0 Å². The topological polar surface area (TPSA) is 9.23 Å². The molecule has 6 heteroatoms. The standard InChI is InChI=1S/C6H10Cl4OTe/c7-1-5-3-11-4-6(2-8)12(5,9)10/h5-6H,1-4H2. The average molecular weight is 368 g/mol. The first-order valence-corrected chi connectivity index (χ1v) is 13.2. The molecule has 1 saturated heterocycles. The van der Waals surface area contributed by atoms with Gasteiger partial charge in [-0.25, -0.2) is 0 Å². The third-order valence-corrected chi connectivity index (χ3v) is 17.3. The first kappa shape index (κ1) is 12.0. The molecule has 0 saturated carbocycles. The SMILES string of the molecule is ClCC1COCC(CCl)[Te]1(Cl)Cl. The molecule has 1 nitrogen and oxygen atoms in total. The van der Waals surface area contributed by atoms with Crippen molar-refractivity contribution in [3.63, 3.8) is 0 Å². The molecule has 12 heavy (non-hydrogen) atoms. The van der Waals surface area contributed by atoms with Crippen LogP contribution in [0.3, 0.4) is 0 Å². The van der Waals surface area contributed by atoms with Crippen LogP contribution >= 0.6 is 41.1 Å². The summed E-state index contributed by atoms with van der Waals surface area (Å²) in [6.45, 7) is 1.20. The second kappa shape index (κ2) is 5.12. The maximum absolute atomic E-state index is 6.31. The number of hydrogen-bond donors (Lipinski definition) is 0. The first-order chi connectivity index (χ1) is 5.62. The molecule has 0 bridgehead atoms. The van der Waals surface area contributed by atoms with Crippen LogP contribution in [0, 0.1) is 0 Å². The fraction of sp³-hybridized carbons (Fsp3) is 1.00. The third kappa shape index (κ3) is 2.48. The second-order valence-electron chi connectivity index (χ2n) is 2.64. The average Bonchev–Trinajstić information content (AvgIpc) is 2.03. The van der Waals surface area contributed by atoms with E-state index in [1.165, 1.54) is 0 Å². The van der Waals surface area contributed by atoms with Gasteiger partial charge in [0.1, 0.15) is 0 Å².